The van der Waals surface area contributed by atoms with Crippen molar-refractivity contribution in [2.24, 2.45) is 0 Å². The number of hydrogen-bond acceptors (Lipinski definition) is 4. The minimum atomic E-state index is -0.0860. The largest absolute Gasteiger partial charge is 0.399 e. The number of anilines is 1. The van der Waals surface area contributed by atoms with Crippen molar-refractivity contribution < 1.29 is 9.90 Å². The van der Waals surface area contributed by atoms with Gasteiger partial charge in [-0.2, -0.15) is 5.10 Å². The quantitative estimate of drug-likeness (QED) is 0.824. The van der Waals surface area contributed by atoms with Gasteiger partial charge < -0.3 is 15.7 Å². The molecule has 0 bridgehead atoms. The molecule has 0 spiro atoms. The van der Waals surface area contributed by atoms with Crippen LogP contribution in [0.5, 0.6) is 0 Å². The summed E-state index contributed by atoms with van der Waals surface area (Å²) in [5.74, 6) is -0.0860. The van der Waals surface area contributed by atoms with Crippen LogP contribution in [0.3, 0.4) is 0 Å². The summed E-state index contributed by atoms with van der Waals surface area (Å²) in [5, 5.41) is 13.5. The molecule has 100 valence electrons. The highest BCUT2D eigenvalue weighted by molar-refractivity contribution is 6.01. The number of rotatable bonds is 2. The predicted molar refractivity (Wildman–Crippen MR) is 70.7 cm³/mol. The number of aliphatic hydroxyl groups is 1. The molecule has 6 nitrogen and oxygen atoms in total. The van der Waals surface area contributed by atoms with E-state index in [1.165, 1.54) is 0 Å². The second kappa shape index (κ2) is 4.55. The molecule has 2 aromatic heterocycles. The lowest BCUT2D eigenvalue weighted by molar-refractivity contribution is 0.0679. The van der Waals surface area contributed by atoms with Gasteiger partial charge in [0.2, 0.25) is 0 Å². The average molecular weight is 260 g/mol. The lowest BCUT2D eigenvalue weighted by atomic mass is 10.2. The molecule has 19 heavy (non-hydrogen) atoms. The number of hydrogen-bond donors (Lipinski definition) is 2. The number of aromatic nitrogens is 2. The summed E-state index contributed by atoms with van der Waals surface area (Å²) in [6.07, 6.45) is 5.07. The molecule has 3 N–H and O–H groups in total. The molecule has 1 fully saturated rings. The Balaban J connectivity index is 1.99. The Morgan fingerprint density at radius 2 is 2.42 bits per heavy atom. The van der Waals surface area contributed by atoms with E-state index in [4.69, 9.17) is 5.73 Å². The summed E-state index contributed by atoms with van der Waals surface area (Å²) in [6, 6.07) is 3.40. The normalized spacial score (nSPS) is 19.2. The summed E-state index contributed by atoms with van der Waals surface area (Å²) in [6.45, 7) is 0.691. The van der Waals surface area contributed by atoms with Gasteiger partial charge in [0, 0.05) is 18.4 Å². The third-order valence-corrected chi connectivity index (χ3v) is 3.62. The van der Waals surface area contributed by atoms with Crippen LogP contribution in [0.2, 0.25) is 0 Å². The zero-order valence-electron chi connectivity index (χ0n) is 10.5. The molecule has 1 amide bonds. The Morgan fingerprint density at radius 1 is 1.58 bits per heavy atom. The van der Waals surface area contributed by atoms with Crippen LogP contribution in [-0.2, 0) is 0 Å². The Morgan fingerprint density at radius 3 is 3.21 bits per heavy atom. The number of carbonyl (C=O) groups excluding carboxylic acids is 1. The maximum atomic E-state index is 12.5. The van der Waals surface area contributed by atoms with Crippen LogP contribution in [-0.4, -0.2) is 44.7 Å². The highest BCUT2D eigenvalue weighted by Crippen LogP contribution is 2.22. The van der Waals surface area contributed by atoms with Crippen molar-refractivity contribution in [3.63, 3.8) is 0 Å². The smallest absolute Gasteiger partial charge is 0.258 e. The molecule has 0 radical (unpaired) electrons. The van der Waals surface area contributed by atoms with E-state index >= 15 is 0 Å². The average Bonchev–Trinajstić information content (AvgIpc) is 3.03. The predicted octanol–water partition coefficient (Wildman–Crippen LogP) is 0.513. The summed E-state index contributed by atoms with van der Waals surface area (Å²) < 4.78 is 1.63. The van der Waals surface area contributed by atoms with E-state index in [0.29, 0.717) is 23.3 Å². The number of nitrogen functional groups attached to an aromatic ring is 1. The van der Waals surface area contributed by atoms with Crippen molar-refractivity contribution in [3.05, 3.63) is 30.1 Å². The van der Waals surface area contributed by atoms with Crippen molar-refractivity contribution in [1.82, 2.24) is 14.5 Å². The molecule has 0 aliphatic carbocycles. The third kappa shape index (κ3) is 1.94. The fourth-order valence-corrected chi connectivity index (χ4v) is 2.61. The van der Waals surface area contributed by atoms with Gasteiger partial charge in [0.25, 0.3) is 5.91 Å². The topological polar surface area (TPSA) is 83.9 Å². The van der Waals surface area contributed by atoms with Gasteiger partial charge in [0.1, 0.15) is 0 Å². The van der Waals surface area contributed by atoms with Gasteiger partial charge in [0.15, 0.2) is 0 Å². The van der Waals surface area contributed by atoms with E-state index < -0.39 is 0 Å². The van der Waals surface area contributed by atoms with Crippen LogP contribution in [0.15, 0.2) is 24.5 Å². The van der Waals surface area contributed by atoms with Gasteiger partial charge in [0.05, 0.1) is 29.9 Å². The van der Waals surface area contributed by atoms with Gasteiger partial charge in [-0.05, 0) is 25.0 Å². The van der Waals surface area contributed by atoms with E-state index in [9.17, 15) is 9.90 Å². The van der Waals surface area contributed by atoms with Crippen LogP contribution in [0.1, 0.15) is 23.2 Å². The summed E-state index contributed by atoms with van der Waals surface area (Å²) >= 11 is 0. The number of amides is 1. The van der Waals surface area contributed by atoms with Gasteiger partial charge in [-0.15, -0.1) is 0 Å². The fraction of sp³-hybridized carbons (Fsp3) is 0.385. The fourth-order valence-electron chi connectivity index (χ4n) is 2.61. The molecular formula is C13H16N4O2. The zero-order chi connectivity index (χ0) is 13.4. The number of likely N-dealkylation sites (tertiary alicyclic amines) is 1. The first-order valence-electron chi connectivity index (χ1n) is 6.35. The minimum absolute atomic E-state index is 0.00704. The van der Waals surface area contributed by atoms with E-state index in [-0.39, 0.29) is 18.6 Å². The van der Waals surface area contributed by atoms with E-state index in [2.05, 4.69) is 5.10 Å². The van der Waals surface area contributed by atoms with Crippen molar-refractivity contribution in [2.45, 2.75) is 18.9 Å². The van der Waals surface area contributed by atoms with E-state index in [1.54, 1.807) is 33.9 Å². The zero-order valence-corrected chi connectivity index (χ0v) is 10.5. The third-order valence-electron chi connectivity index (χ3n) is 3.62. The number of aliphatic hydroxyl groups excluding tert-OH is 1. The van der Waals surface area contributed by atoms with Crippen LogP contribution in [0, 0.1) is 0 Å². The highest BCUT2D eigenvalue weighted by Gasteiger charge is 2.30. The van der Waals surface area contributed by atoms with Crippen LogP contribution >= 0.6 is 0 Å². The molecular weight excluding hydrogens is 244 g/mol. The Labute approximate surface area is 110 Å². The van der Waals surface area contributed by atoms with Crippen LogP contribution in [0.4, 0.5) is 5.69 Å². The first-order valence-corrected chi connectivity index (χ1v) is 6.35. The van der Waals surface area contributed by atoms with Crippen molar-refractivity contribution in [3.8, 4) is 0 Å². The maximum Gasteiger partial charge on any atom is 0.258 e. The van der Waals surface area contributed by atoms with Gasteiger partial charge >= 0.3 is 0 Å². The van der Waals surface area contributed by atoms with Gasteiger partial charge in [-0.25, -0.2) is 4.52 Å². The van der Waals surface area contributed by atoms with E-state index in [0.717, 1.165) is 12.8 Å². The summed E-state index contributed by atoms with van der Waals surface area (Å²) in [4.78, 5) is 14.2. The molecule has 1 atom stereocenters. The van der Waals surface area contributed by atoms with Gasteiger partial charge in [-0.3, -0.25) is 4.79 Å². The van der Waals surface area contributed by atoms with Crippen molar-refractivity contribution in [1.29, 1.82) is 0 Å². The number of fused-ring (bicyclic) bond motifs is 1. The summed E-state index contributed by atoms with van der Waals surface area (Å²) in [5.41, 5.74) is 7.59. The standard InChI is InChI=1S/C13H16N4O2/c14-9-3-5-17-12(6-9)11(7-15-17)13(19)16-4-1-2-10(16)8-18/h3,5-7,10,18H,1-2,4,8,14H2. The number of carbonyl (C=O) groups is 1. The monoisotopic (exact) mass is 260 g/mol. The lowest BCUT2D eigenvalue weighted by Gasteiger charge is -2.22. The molecule has 0 aromatic carbocycles. The Bertz CT molecular complexity index is 622. The lowest BCUT2D eigenvalue weighted by Crippen LogP contribution is -2.37. The SMILES string of the molecule is Nc1ccn2ncc(C(=O)N3CCCC3CO)c2c1. The van der Waals surface area contributed by atoms with Crippen LogP contribution in [0.25, 0.3) is 5.52 Å². The number of nitrogens with two attached hydrogens (primary N) is 1. The second-order valence-electron chi connectivity index (χ2n) is 4.83. The molecule has 1 unspecified atom stereocenters. The summed E-state index contributed by atoms with van der Waals surface area (Å²) in [7, 11) is 0. The molecule has 6 heteroatoms. The van der Waals surface area contributed by atoms with Crippen molar-refractivity contribution in [2.75, 3.05) is 18.9 Å². The number of pyridine rings is 1. The molecule has 1 saturated heterocycles. The first kappa shape index (κ1) is 12.0. The van der Waals surface area contributed by atoms with E-state index in [1.807, 2.05) is 0 Å². The maximum absolute atomic E-state index is 12.5. The van der Waals surface area contributed by atoms with Crippen molar-refractivity contribution >= 4 is 17.1 Å². The molecule has 1 aliphatic heterocycles. The Kier molecular flexibility index (Phi) is 2.87. The molecule has 0 saturated carbocycles. The van der Waals surface area contributed by atoms with Crippen LogP contribution < -0.4 is 5.73 Å². The molecule has 3 heterocycles. The number of nitrogens with zero attached hydrogens (tertiary/aromatic N) is 3. The first-order chi connectivity index (χ1) is 9.20. The molecule has 3 rings (SSSR count). The second-order valence-corrected chi connectivity index (χ2v) is 4.83. The minimum Gasteiger partial charge on any atom is -0.399 e. The molecule has 2 aromatic rings. The van der Waals surface area contributed by atoms with Gasteiger partial charge in [-0.1, -0.05) is 0 Å². The highest BCUT2D eigenvalue weighted by atomic mass is 16.3. The molecule has 1 aliphatic rings. The Hall–Kier alpha value is -2.08.